The maximum atomic E-state index is 6.75. The van der Waals surface area contributed by atoms with Crippen LogP contribution in [-0.2, 0) is 5.41 Å². The molecule has 0 amide bonds. The summed E-state index contributed by atoms with van der Waals surface area (Å²) >= 11 is 1.86. The molecular weight excluding hydrogens is 685 g/mol. The van der Waals surface area contributed by atoms with Crippen molar-refractivity contribution in [3.05, 3.63) is 216 Å². The van der Waals surface area contributed by atoms with Crippen LogP contribution in [0.4, 0.5) is 0 Å². The number of thiophene rings is 1. The van der Waals surface area contributed by atoms with Crippen LogP contribution in [0, 0.1) is 0 Å². The summed E-state index contributed by atoms with van der Waals surface area (Å²) < 4.78 is 9.39. The number of fused-ring (bicyclic) bond motifs is 8. The Morgan fingerprint density at radius 2 is 0.982 bits per heavy atom. The lowest BCUT2D eigenvalue weighted by molar-refractivity contribution is 0.487. The fourth-order valence-electron chi connectivity index (χ4n) is 9.68. The van der Waals surface area contributed by atoms with Crippen molar-refractivity contribution in [2.45, 2.75) is 5.41 Å². The van der Waals surface area contributed by atoms with Gasteiger partial charge >= 0.3 is 0 Å². The highest BCUT2D eigenvalue weighted by atomic mass is 32.1. The predicted molar refractivity (Wildman–Crippen MR) is 231 cm³/mol. The average Bonchev–Trinajstić information content (AvgIpc) is 3.78. The molecule has 10 aromatic rings. The van der Waals surface area contributed by atoms with E-state index in [1.807, 2.05) is 11.3 Å². The van der Waals surface area contributed by atoms with E-state index in [1.54, 1.807) is 0 Å². The molecule has 0 bridgehead atoms. The molecule has 0 N–H and O–H groups in total. The SMILES string of the molecule is c1ccc(C2(c3ccccc3)c3ccccc3-c3c(-c4ccc5c(c4)-c4cccc6c(-c7ccc8sc9ccccc9c8c7)ccc(c46)O5)cccc32)cc1. The van der Waals surface area contributed by atoms with Gasteiger partial charge in [0.05, 0.1) is 5.41 Å². The van der Waals surface area contributed by atoms with E-state index in [0.29, 0.717) is 0 Å². The summed E-state index contributed by atoms with van der Waals surface area (Å²) in [6.07, 6.45) is 0. The third kappa shape index (κ3) is 4.29. The van der Waals surface area contributed by atoms with Gasteiger partial charge in [-0.25, -0.2) is 0 Å². The molecule has 1 nitrogen and oxygen atoms in total. The van der Waals surface area contributed by atoms with Crippen molar-refractivity contribution in [1.82, 2.24) is 0 Å². The molecule has 2 heteroatoms. The second-order valence-electron chi connectivity index (χ2n) is 14.7. The second-order valence-corrected chi connectivity index (χ2v) is 15.8. The summed E-state index contributed by atoms with van der Waals surface area (Å²) in [6, 6.07) is 71.4. The van der Waals surface area contributed by atoms with Crippen LogP contribution in [-0.4, -0.2) is 0 Å². The number of hydrogen-bond donors (Lipinski definition) is 0. The zero-order chi connectivity index (χ0) is 36.1. The fourth-order valence-corrected chi connectivity index (χ4v) is 10.8. The molecule has 0 saturated heterocycles. The number of benzene rings is 9. The van der Waals surface area contributed by atoms with Gasteiger partial charge in [0.25, 0.3) is 0 Å². The summed E-state index contributed by atoms with van der Waals surface area (Å²) in [6.45, 7) is 0. The van der Waals surface area contributed by atoms with Crippen LogP contribution in [0.5, 0.6) is 11.5 Å². The Hall–Kier alpha value is -6.74. The van der Waals surface area contributed by atoms with Gasteiger partial charge in [0.2, 0.25) is 0 Å². The summed E-state index contributed by atoms with van der Waals surface area (Å²) in [5.41, 5.74) is 14.5. The first-order valence-electron chi connectivity index (χ1n) is 18.9. The Labute approximate surface area is 323 Å². The molecule has 12 rings (SSSR count). The van der Waals surface area contributed by atoms with Crippen LogP contribution >= 0.6 is 11.3 Å². The Kier molecular flexibility index (Phi) is 6.49. The van der Waals surface area contributed by atoms with Crippen molar-refractivity contribution in [3.63, 3.8) is 0 Å². The molecular formula is C53H32OS. The standard InChI is InChI=1S/C53H32OS/c1-3-13-35(14-4-1)53(36-15-5-2-6-16-36)45-22-9-7-18-42(45)51-38(19-12-23-46(51)53)34-25-28-47-43(31-34)41-21-11-20-40-37(27-29-48(54-47)52(40)41)33-26-30-50-44(32-33)39-17-8-10-24-49(39)55-50/h1-32H. The molecule has 0 fully saturated rings. The zero-order valence-electron chi connectivity index (χ0n) is 29.8. The Morgan fingerprint density at radius 3 is 1.84 bits per heavy atom. The van der Waals surface area contributed by atoms with Gasteiger partial charge in [-0.1, -0.05) is 158 Å². The Bertz CT molecular complexity index is 3130. The van der Waals surface area contributed by atoms with Crippen LogP contribution in [0.1, 0.15) is 22.3 Å². The normalized spacial score (nSPS) is 13.4. The minimum atomic E-state index is -0.443. The van der Waals surface area contributed by atoms with E-state index >= 15 is 0 Å². The molecule has 0 unspecified atom stereocenters. The first-order chi connectivity index (χ1) is 27.3. The third-order valence-electron chi connectivity index (χ3n) is 12.0. The molecule has 0 radical (unpaired) electrons. The highest BCUT2D eigenvalue weighted by Crippen LogP contribution is 2.59. The Balaban J connectivity index is 1.05. The lowest BCUT2D eigenvalue weighted by Crippen LogP contribution is -2.28. The zero-order valence-corrected chi connectivity index (χ0v) is 30.6. The van der Waals surface area contributed by atoms with Crippen LogP contribution < -0.4 is 4.74 Å². The van der Waals surface area contributed by atoms with Gasteiger partial charge in [-0.2, -0.15) is 0 Å². The topological polar surface area (TPSA) is 9.23 Å². The predicted octanol–water partition coefficient (Wildman–Crippen LogP) is 14.7. The summed E-state index contributed by atoms with van der Waals surface area (Å²) in [4.78, 5) is 0. The first kappa shape index (κ1) is 30.7. The van der Waals surface area contributed by atoms with Gasteiger partial charge in [-0.05, 0) is 103 Å². The largest absolute Gasteiger partial charge is 0.456 e. The average molecular weight is 717 g/mol. The van der Waals surface area contributed by atoms with Crippen molar-refractivity contribution in [2.75, 3.05) is 0 Å². The van der Waals surface area contributed by atoms with Crippen molar-refractivity contribution < 1.29 is 4.74 Å². The van der Waals surface area contributed by atoms with Gasteiger partial charge in [0, 0.05) is 31.1 Å². The van der Waals surface area contributed by atoms with Gasteiger partial charge in [0.15, 0.2) is 0 Å². The first-order valence-corrected chi connectivity index (χ1v) is 19.7. The quantitative estimate of drug-likeness (QED) is 0.176. The van der Waals surface area contributed by atoms with Gasteiger partial charge in [-0.15, -0.1) is 11.3 Å². The molecule has 55 heavy (non-hydrogen) atoms. The minimum Gasteiger partial charge on any atom is -0.456 e. The molecule has 256 valence electrons. The van der Waals surface area contributed by atoms with Gasteiger partial charge in [-0.3, -0.25) is 0 Å². The summed E-state index contributed by atoms with van der Waals surface area (Å²) in [5.74, 6) is 1.79. The highest BCUT2D eigenvalue weighted by molar-refractivity contribution is 7.25. The van der Waals surface area contributed by atoms with Gasteiger partial charge in [0.1, 0.15) is 11.5 Å². The van der Waals surface area contributed by atoms with Gasteiger partial charge < -0.3 is 4.74 Å². The van der Waals surface area contributed by atoms with Crippen LogP contribution in [0.3, 0.4) is 0 Å². The molecule has 1 aromatic heterocycles. The maximum absolute atomic E-state index is 6.75. The highest BCUT2D eigenvalue weighted by Gasteiger charge is 2.46. The van der Waals surface area contributed by atoms with Crippen LogP contribution in [0.25, 0.3) is 75.5 Å². The molecule has 1 aliphatic carbocycles. The van der Waals surface area contributed by atoms with E-state index in [0.717, 1.165) is 22.4 Å². The maximum Gasteiger partial charge on any atom is 0.135 e. The number of hydrogen-bond acceptors (Lipinski definition) is 2. The third-order valence-corrected chi connectivity index (χ3v) is 13.1. The molecule has 2 aliphatic rings. The van der Waals surface area contributed by atoms with E-state index in [4.69, 9.17) is 4.74 Å². The molecule has 9 aromatic carbocycles. The van der Waals surface area contributed by atoms with Crippen LogP contribution in [0.2, 0.25) is 0 Å². The van der Waals surface area contributed by atoms with E-state index in [1.165, 1.54) is 86.8 Å². The fraction of sp³-hybridized carbons (Fsp3) is 0.0189. The number of ether oxygens (including phenoxy) is 1. The molecule has 1 aliphatic heterocycles. The summed E-state index contributed by atoms with van der Waals surface area (Å²) in [7, 11) is 0. The van der Waals surface area contributed by atoms with E-state index in [-0.39, 0.29) is 0 Å². The lowest BCUT2D eigenvalue weighted by Gasteiger charge is -2.34. The monoisotopic (exact) mass is 716 g/mol. The van der Waals surface area contributed by atoms with Crippen molar-refractivity contribution in [3.8, 4) is 56.0 Å². The van der Waals surface area contributed by atoms with E-state index in [2.05, 4.69) is 194 Å². The van der Waals surface area contributed by atoms with Crippen molar-refractivity contribution in [1.29, 1.82) is 0 Å². The van der Waals surface area contributed by atoms with Crippen molar-refractivity contribution >= 4 is 42.3 Å². The summed E-state index contributed by atoms with van der Waals surface area (Å²) in [5, 5.41) is 4.99. The molecule has 2 heterocycles. The lowest BCUT2D eigenvalue weighted by atomic mass is 9.67. The Morgan fingerprint density at radius 1 is 0.364 bits per heavy atom. The smallest absolute Gasteiger partial charge is 0.135 e. The second kappa shape index (κ2) is 11.6. The molecule has 0 atom stereocenters. The van der Waals surface area contributed by atoms with Crippen LogP contribution in [0.15, 0.2) is 194 Å². The molecule has 0 spiro atoms. The minimum absolute atomic E-state index is 0.443. The number of rotatable bonds is 4. The van der Waals surface area contributed by atoms with Crippen molar-refractivity contribution in [2.24, 2.45) is 0 Å². The van der Waals surface area contributed by atoms with E-state index < -0.39 is 5.41 Å². The van der Waals surface area contributed by atoms with E-state index in [9.17, 15) is 0 Å². The molecule has 0 saturated carbocycles.